The highest BCUT2D eigenvalue weighted by atomic mass is 16.4. The lowest BCUT2D eigenvalue weighted by molar-refractivity contribution is 0.588. The van der Waals surface area contributed by atoms with Gasteiger partial charge in [0.25, 0.3) is 0 Å². The SMILES string of the molecule is Cc1nc2ccc(-c3ncc(-c4cccnc4)o3)cc2[nH]1. The maximum absolute atomic E-state index is 5.83. The van der Waals surface area contributed by atoms with Crippen molar-refractivity contribution in [3.63, 3.8) is 0 Å². The van der Waals surface area contributed by atoms with Gasteiger partial charge < -0.3 is 9.40 Å². The summed E-state index contributed by atoms with van der Waals surface area (Å²) in [6.07, 6.45) is 5.20. The van der Waals surface area contributed by atoms with Crippen LogP contribution in [0.15, 0.2) is 53.3 Å². The minimum absolute atomic E-state index is 0.586. The van der Waals surface area contributed by atoms with Gasteiger partial charge in [0.15, 0.2) is 5.76 Å². The molecule has 0 aliphatic heterocycles. The van der Waals surface area contributed by atoms with Gasteiger partial charge in [0, 0.05) is 23.5 Å². The van der Waals surface area contributed by atoms with Gasteiger partial charge in [-0.25, -0.2) is 9.97 Å². The van der Waals surface area contributed by atoms with Crippen molar-refractivity contribution < 1.29 is 4.42 Å². The number of aromatic nitrogens is 4. The Labute approximate surface area is 120 Å². The first-order valence-electron chi connectivity index (χ1n) is 6.62. The molecule has 0 saturated heterocycles. The molecule has 4 rings (SSSR count). The highest BCUT2D eigenvalue weighted by Gasteiger charge is 2.10. The van der Waals surface area contributed by atoms with Crippen molar-refractivity contribution in [1.29, 1.82) is 0 Å². The number of rotatable bonds is 2. The van der Waals surface area contributed by atoms with Crippen molar-refractivity contribution in [2.75, 3.05) is 0 Å². The zero-order valence-electron chi connectivity index (χ0n) is 11.4. The van der Waals surface area contributed by atoms with E-state index in [0.717, 1.165) is 28.0 Å². The van der Waals surface area contributed by atoms with Crippen LogP contribution in [0.4, 0.5) is 0 Å². The van der Waals surface area contributed by atoms with Gasteiger partial charge in [-0.1, -0.05) is 0 Å². The van der Waals surface area contributed by atoms with E-state index in [-0.39, 0.29) is 0 Å². The second-order valence-electron chi connectivity index (χ2n) is 4.83. The van der Waals surface area contributed by atoms with E-state index < -0.39 is 0 Å². The lowest BCUT2D eigenvalue weighted by Crippen LogP contribution is -1.77. The molecule has 0 atom stereocenters. The predicted molar refractivity (Wildman–Crippen MR) is 79.6 cm³/mol. The third-order valence-corrected chi connectivity index (χ3v) is 3.30. The largest absolute Gasteiger partial charge is 0.436 e. The van der Waals surface area contributed by atoms with Gasteiger partial charge in [-0.15, -0.1) is 0 Å². The zero-order valence-corrected chi connectivity index (χ0v) is 11.4. The summed E-state index contributed by atoms with van der Waals surface area (Å²) in [5, 5.41) is 0. The van der Waals surface area contributed by atoms with E-state index in [1.807, 2.05) is 37.3 Å². The minimum Gasteiger partial charge on any atom is -0.436 e. The second-order valence-corrected chi connectivity index (χ2v) is 4.83. The van der Waals surface area contributed by atoms with Gasteiger partial charge in [0.05, 0.1) is 17.2 Å². The highest BCUT2D eigenvalue weighted by Crippen LogP contribution is 2.27. The van der Waals surface area contributed by atoms with Crippen molar-refractivity contribution in [3.8, 4) is 22.8 Å². The third kappa shape index (κ3) is 2.08. The number of aryl methyl sites for hydroxylation is 1. The van der Waals surface area contributed by atoms with Crippen LogP contribution in [0.3, 0.4) is 0 Å². The fourth-order valence-electron chi connectivity index (χ4n) is 2.32. The molecule has 0 aliphatic carbocycles. The van der Waals surface area contributed by atoms with E-state index in [9.17, 15) is 0 Å². The van der Waals surface area contributed by atoms with Crippen molar-refractivity contribution in [2.24, 2.45) is 0 Å². The molecule has 0 aliphatic rings. The Morgan fingerprint density at radius 3 is 2.90 bits per heavy atom. The molecule has 102 valence electrons. The fourth-order valence-corrected chi connectivity index (χ4v) is 2.32. The molecule has 21 heavy (non-hydrogen) atoms. The van der Waals surface area contributed by atoms with Gasteiger partial charge in [-0.05, 0) is 37.3 Å². The molecule has 0 bridgehead atoms. The van der Waals surface area contributed by atoms with E-state index in [2.05, 4.69) is 19.9 Å². The molecule has 0 radical (unpaired) electrons. The molecule has 0 amide bonds. The Kier molecular flexibility index (Phi) is 2.57. The van der Waals surface area contributed by atoms with Crippen LogP contribution in [0.25, 0.3) is 33.8 Å². The van der Waals surface area contributed by atoms with Gasteiger partial charge in [0.1, 0.15) is 5.82 Å². The van der Waals surface area contributed by atoms with E-state index in [1.54, 1.807) is 18.6 Å². The zero-order chi connectivity index (χ0) is 14.2. The molecule has 3 aromatic heterocycles. The molecule has 5 nitrogen and oxygen atoms in total. The lowest BCUT2D eigenvalue weighted by atomic mass is 10.2. The number of oxazole rings is 1. The third-order valence-electron chi connectivity index (χ3n) is 3.30. The molecule has 4 aromatic rings. The summed E-state index contributed by atoms with van der Waals surface area (Å²) in [5.74, 6) is 2.19. The normalized spacial score (nSPS) is 11.1. The van der Waals surface area contributed by atoms with Crippen molar-refractivity contribution >= 4 is 11.0 Å². The van der Waals surface area contributed by atoms with E-state index in [0.29, 0.717) is 11.7 Å². The van der Waals surface area contributed by atoms with Crippen LogP contribution >= 0.6 is 0 Å². The summed E-state index contributed by atoms with van der Waals surface area (Å²) in [7, 11) is 0. The summed E-state index contributed by atoms with van der Waals surface area (Å²) in [5.41, 5.74) is 3.75. The summed E-state index contributed by atoms with van der Waals surface area (Å²) in [4.78, 5) is 16.0. The number of pyridine rings is 1. The van der Waals surface area contributed by atoms with Crippen LogP contribution in [0.2, 0.25) is 0 Å². The molecule has 0 saturated carbocycles. The minimum atomic E-state index is 0.586. The smallest absolute Gasteiger partial charge is 0.226 e. The number of benzene rings is 1. The molecule has 1 aromatic carbocycles. The first-order valence-corrected chi connectivity index (χ1v) is 6.62. The topological polar surface area (TPSA) is 67.6 Å². The number of H-pyrrole nitrogens is 1. The Hall–Kier alpha value is -2.95. The van der Waals surface area contributed by atoms with E-state index >= 15 is 0 Å². The number of fused-ring (bicyclic) bond motifs is 1. The van der Waals surface area contributed by atoms with Gasteiger partial charge >= 0.3 is 0 Å². The highest BCUT2D eigenvalue weighted by molar-refractivity contribution is 5.80. The molecule has 3 heterocycles. The lowest BCUT2D eigenvalue weighted by Gasteiger charge is -1.96. The summed E-state index contributed by atoms with van der Waals surface area (Å²) in [6.45, 7) is 1.94. The molecule has 0 fully saturated rings. The number of nitrogens with one attached hydrogen (secondary N) is 1. The van der Waals surface area contributed by atoms with Gasteiger partial charge in [-0.2, -0.15) is 0 Å². The Morgan fingerprint density at radius 2 is 2.05 bits per heavy atom. The van der Waals surface area contributed by atoms with Crippen LogP contribution in [0.5, 0.6) is 0 Å². The summed E-state index contributed by atoms with van der Waals surface area (Å²) < 4.78 is 5.83. The van der Waals surface area contributed by atoms with Gasteiger partial charge in [0.2, 0.25) is 5.89 Å². The number of imidazole rings is 1. The molecule has 5 heteroatoms. The fraction of sp³-hybridized carbons (Fsp3) is 0.0625. The van der Waals surface area contributed by atoms with Crippen molar-refractivity contribution in [2.45, 2.75) is 6.92 Å². The molecular formula is C16H12N4O. The monoisotopic (exact) mass is 276 g/mol. The second kappa shape index (κ2) is 4.56. The standard InChI is InChI=1S/C16H12N4O/c1-10-19-13-5-4-11(7-14(13)20-10)16-18-9-15(21-16)12-3-2-6-17-8-12/h2-9H,1H3,(H,19,20). The number of hydrogen-bond acceptors (Lipinski definition) is 4. The first kappa shape index (κ1) is 11.8. The summed E-state index contributed by atoms with van der Waals surface area (Å²) >= 11 is 0. The predicted octanol–water partition coefficient (Wildman–Crippen LogP) is 3.59. The Balaban J connectivity index is 1.77. The Morgan fingerprint density at radius 1 is 1.10 bits per heavy atom. The quantitative estimate of drug-likeness (QED) is 0.607. The average Bonchev–Trinajstić information content (AvgIpc) is 3.12. The average molecular weight is 276 g/mol. The molecular weight excluding hydrogens is 264 g/mol. The molecule has 1 N–H and O–H groups in total. The van der Waals surface area contributed by atoms with Crippen LogP contribution < -0.4 is 0 Å². The van der Waals surface area contributed by atoms with Crippen LogP contribution in [-0.4, -0.2) is 19.9 Å². The van der Waals surface area contributed by atoms with Crippen LogP contribution in [-0.2, 0) is 0 Å². The summed E-state index contributed by atoms with van der Waals surface area (Å²) in [6, 6.07) is 9.73. The Bertz CT molecular complexity index is 908. The van der Waals surface area contributed by atoms with E-state index in [4.69, 9.17) is 4.42 Å². The van der Waals surface area contributed by atoms with Gasteiger partial charge in [-0.3, -0.25) is 4.98 Å². The van der Waals surface area contributed by atoms with E-state index in [1.165, 1.54) is 0 Å². The van der Waals surface area contributed by atoms with Crippen molar-refractivity contribution in [1.82, 2.24) is 19.9 Å². The maximum Gasteiger partial charge on any atom is 0.226 e. The van der Waals surface area contributed by atoms with Crippen LogP contribution in [0.1, 0.15) is 5.82 Å². The number of aromatic amines is 1. The number of hydrogen-bond donors (Lipinski definition) is 1. The van der Waals surface area contributed by atoms with Crippen molar-refractivity contribution in [3.05, 3.63) is 54.7 Å². The molecule has 0 spiro atoms. The number of nitrogens with zero attached hydrogens (tertiary/aromatic N) is 3. The molecule has 0 unspecified atom stereocenters. The van der Waals surface area contributed by atoms with Crippen LogP contribution in [0, 0.1) is 6.92 Å². The first-order chi connectivity index (χ1) is 10.3. The maximum atomic E-state index is 5.83.